The van der Waals surface area contributed by atoms with Crippen LogP contribution in [0.15, 0.2) is 35.3 Å². The minimum Gasteiger partial charge on any atom is -0.356 e. The molecule has 0 spiro atoms. The summed E-state index contributed by atoms with van der Waals surface area (Å²) in [6.07, 6.45) is 4.11. The third-order valence-electron chi connectivity index (χ3n) is 3.37. The summed E-state index contributed by atoms with van der Waals surface area (Å²) in [5.41, 5.74) is 1.31. The van der Waals surface area contributed by atoms with Crippen molar-refractivity contribution in [3.8, 4) is 0 Å². The second-order valence-corrected chi connectivity index (χ2v) is 5.05. The van der Waals surface area contributed by atoms with Crippen LogP contribution in [0.25, 0.3) is 0 Å². The van der Waals surface area contributed by atoms with Crippen LogP contribution in [0.4, 0.5) is 0 Å². The Morgan fingerprint density at radius 2 is 2.00 bits per heavy atom. The van der Waals surface area contributed by atoms with Crippen LogP contribution in [0.1, 0.15) is 24.8 Å². The summed E-state index contributed by atoms with van der Waals surface area (Å²) < 4.78 is 0. The summed E-state index contributed by atoms with van der Waals surface area (Å²) in [7, 11) is 3.93. The molecule has 3 nitrogen and oxygen atoms in total. The maximum Gasteiger partial charge on any atom is 0.193 e. The Balaban J connectivity index is 0.00000180. The van der Waals surface area contributed by atoms with Crippen molar-refractivity contribution in [2.45, 2.75) is 25.8 Å². The van der Waals surface area contributed by atoms with Gasteiger partial charge < -0.3 is 10.2 Å². The number of hydrogen-bond acceptors (Lipinski definition) is 1. The summed E-state index contributed by atoms with van der Waals surface area (Å²) in [5.74, 6) is 1.95. The molecule has 0 bridgehead atoms. The molecule has 1 saturated carbocycles. The van der Waals surface area contributed by atoms with Crippen molar-refractivity contribution in [2.24, 2.45) is 10.9 Å². The Bertz CT molecular complexity index is 388. The standard InChI is InChI=1S/C15H23N3.HI/c1-16-15(17-11-10-13-8-9-13)18(2)12-14-6-4-3-5-7-14;/h3-7,13H,8-12H2,1-2H3,(H,16,17);1H. The third-order valence-corrected chi connectivity index (χ3v) is 3.37. The predicted molar refractivity (Wildman–Crippen MR) is 92.0 cm³/mol. The van der Waals surface area contributed by atoms with Crippen molar-refractivity contribution < 1.29 is 0 Å². The van der Waals surface area contributed by atoms with E-state index >= 15 is 0 Å². The van der Waals surface area contributed by atoms with E-state index in [0.29, 0.717) is 0 Å². The van der Waals surface area contributed by atoms with Crippen LogP contribution in [-0.4, -0.2) is 31.5 Å². The second-order valence-electron chi connectivity index (χ2n) is 5.05. The lowest BCUT2D eigenvalue weighted by Crippen LogP contribution is -2.38. The number of nitrogens with zero attached hydrogens (tertiary/aromatic N) is 2. The average molecular weight is 373 g/mol. The first kappa shape index (κ1) is 16.3. The summed E-state index contributed by atoms with van der Waals surface area (Å²) in [5, 5.41) is 3.44. The van der Waals surface area contributed by atoms with E-state index < -0.39 is 0 Å². The minimum absolute atomic E-state index is 0. The zero-order valence-electron chi connectivity index (χ0n) is 11.8. The molecule has 4 heteroatoms. The molecule has 1 aromatic rings. The predicted octanol–water partition coefficient (Wildman–Crippen LogP) is 3.11. The molecular formula is C15H24IN3. The highest BCUT2D eigenvalue weighted by Gasteiger charge is 2.20. The van der Waals surface area contributed by atoms with E-state index in [1.165, 1.54) is 24.8 Å². The molecule has 0 aliphatic heterocycles. The van der Waals surface area contributed by atoms with Gasteiger partial charge in [0.25, 0.3) is 0 Å². The molecule has 106 valence electrons. The molecule has 0 unspecified atom stereocenters. The molecule has 1 aliphatic rings. The number of rotatable bonds is 5. The maximum absolute atomic E-state index is 4.33. The van der Waals surface area contributed by atoms with Crippen molar-refractivity contribution in [3.05, 3.63) is 35.9 Å². The van der Waals surface area contributed by atoms with Crippen molar-refractivity contribution in [2.75, 3.05) is 20.6 Å². The van der Waals surface area contributed by atoms with Crippen LogP contribution in [0, 0.1) is 5.92 Å². The highest BCUT2D eigenvalue weighted by Crippen LogP contribution is 2.31. The van der Waals surface area contributed by atoms with Gasteiger partial charge in [-0.1, -0.05) is 43.2 Å². The van der Waals surface area contributed by atoms with Gasteiger partial charge in [0, 0.05) is 27.2 Å². The van der Waals surface area contributed by atoms with E-state index in [1.807, 2.05) is 13.1 Å². The molecule has 0 atom stereocenters. The largest absolute Gasteiger partial charge is 0.356 e. The lowest BCUT2D eigenvalue weighted by atomic mass is 10.2. The van der Waals surface area contributed by atoms with Crippen LogP contribution < -0.4 is 5.32 Å². The Morgan fingerprint density at radius 1 is 1.32 bits per heavy atom. The number of guanidine groups is 1. The molecule has 0 heterocycles. The van der Waals surface area contributed by atoms with Gasteiger partial charge >= 0.3 is 0 Å². The lowest BCUT2D eigenvalue weighted by Gasteiger charge is -2.22. The first-order chi connectivity index (χ1) is 8.79. The highest BCUT2D eigenvalue weighted by molar-refractivity contribution is 14.0. The van der Waals surface area contributed by atoms with Gasteiger partial charge in [-0.05, 0) is 17.9 Å². The van der Waals surface area contributed by atoms with Crippen molar-refractivity contribution >= 4 is 29.9 Å². The molecular weight excluding hydrogens is 349 g/mol. The summed E-state index contributed by atoms with van der Waals surface area (Å²) in [6.45, 7) is 1.93. The first-order valence-corrected chi connectivity index (χ1v) is 6.75. The van der Waals surface area contributed by atoms with Crippen LogP contribution in [0.2, 0.25) is 0 Å². The first-order valence-electron chi connectivity index (χ1n) is 6.75. The van der Waals surface area contributed by atoms with Crippen molar-refractivity contribution in [1.29, 1.82) is 0 Å². The maximum atomic E-state index is 4.33. The average Bonchev–Trinajstić information content (AvgIpc) is 3.20. The zero-order valence-corrected chi connectivity index (χ0v) is 14.1. The van der Waals surface area contributed by atoms with E-state index in [0.717, 1.165) is 25.0 Å². The third kappa shape index (κ3) is 5.80. The van der Waals surface area contributed by atoms with Crippen molar-refractivity contribution in [1.82, 2.24) is 10.2 Å². The molecule has 0 aromatic heterocycles. The monoisotopic (exact) mass is 373 g/mol. The SMILES string of the molecule is CN=C(NCCC1CC1)N(C)Cc1ccccc1.I. The molecule has 1 N–H and O–H groups in total. The molecule has 19 heavy (non-hydrogen) atoms. The van der Waals surface area contributed by atoms with E-state index in [2.05, 4.69) is 46.5 Å². The molecule has 0 amide bonds. The second kappa shape index (κ2) is 8.40. The van der Waals surface area contributed by atoms with Gasteiger partial charge in [-0.15, -0.1) is 24.0 Å². The van der Waals surface area contributed by atoms with E-state index in [-0.39, 0.29) is 24.0 Å². The lowest BCUT2D eigenvalue weighted by molar-refractivity contribution is 0.474. The minimum atomic E-state index is 0. The number of benzene rings is 1. The Kier molecular flexibility index (Phi) is 7.20. The highest BCUT2D eigenvalue weighted by atomic mass is 127. The number of nitrogens with one attached hydrogen (secondary N) is 1. The molecule has 0 saturated heterocycles. The Labute approximate surface area is 133 Å². The zero-order chi connectivity index (χ0) is 12.8. The topological polar surface area (TPSA) is 27.6 Å². The van der Waals surface area contributed by atoms with Crippen LogP contribution in [0.3, 0.4) is 0 Å². The number of hydrogen-bond donors (Lipinski definition) is 1. The van der Waals surface area contributed by atoms with Gasteiger partial charge in [0.05, 0.1) is 0 Å². The van der Waals surface area contributed by atoms with E-state index in [4.69, 9.17) is 0 Å². The summed E-state index contributed by atoms with van der Waals surface area (Å²) >= 11 is 0. The summed E-state index contributed by atoms with van der Waals surface area (Å²) in [4.78, 5) is 6.50. The quantitative estimate of drug-likeness (QED) is 0.488. The van der Waals surface area contributed by atoms with Gasteiger partial charge in [0.15, 0.2) is 5.96 Å². The molecule has 1 fully saturated rings. The smallest absolute Gasteiger partial charge is 0.193 e. The molecule has 2 rings (SSSR count). The van der Waals surface area contributed by atoms with Gasteiger partial charge in [0.1, 0.15) is 0 Å². The van der Waals surface area contributed by atoms with Crippen LogP contribution in [0.5, 0.6) is 0 Å². The van der Waals surface area contributed by atoms with Gasteiger partial charge in [-0.3, -0.25) is 4.99 Å². The fourth-order valence-electron chi connectivity index (χ4n) is 2.11. The van der Waals surface area contributed by atoms with Gasteiger partial charge in [-0.25, -0.2) is 0 Å². The molecule has 1 aliphatic carbocycles. The van der Waals surface area contributed by atoms with Gasteiger partial charge in [-0.2, -0.15) is 0 Å². The Hall–Kier alpha value is -0.780. The number of aliphatic imine (C=N–C) groups is 1. The summed E-state index contributed by atoms with van der Waals surface area (Å²) in [6, 6.07) is 10.5. The fraction of sp³-hybridized carbons (Fsp3) is 0.533. The van der Waals surface area contributed by atoms with Gasteiger partial charge in [0.2, 0.25) is 0 Å². The molecule has 0 radical (unpaired) electrons. The van der Waals surface area contributed by atoms with Crippen LogP contribution in [-0.2, 0) is 6.54 Å². The van der Waals surface area contributed by atoms with E-state index in [9.17, 15) is 0 Å². The normalized spacial score (nSPS) is 14.7. The Morgan fingerprint density at radius 3 is 2.58 bits per heavy atom. The van der Waals surface area contributed by atoms with Crippen molar-refractivity contribution in [3.63, 3.8) is 0 Å². The van der Waals surface area contributed by atoms with Crippen LogP contribution >= 0.6 is 24.0 Å². The molecule has 1 aromatic carbocycles. The number of halogens is 1. The fourth-order valence-corrected chi connectivity index (χ4v) is 2.11. The van der Waals surface area contributed by atoms with E-state index in [1.54, 1.807) is 0 Å².